The average molecular weight is 317 g/mol. The van der Waals surface area contributed by atoms with Crippen LogP contribution in [0.5, 0.6) is 0 Å². The summed E-state index contributed by atoms with van der Waals surface area (Å²) < 4.78 is 0. The Morgan fingerprint density at radius 3 is 2.83 bits per heavy atom. The van der Waals surface area contributed by atoms with E-state index in [0.29, 0.717) is 23.6 Å². The Morgan fingerprint density at radius 2 is 2.09 bits per heavy atom. The Balaban J connectivity index is 2.05. The number of amides is 2. The molecule has 0 saturated carbocycles. The van der Waals surface area contributed by atoms with Crippen LogP contribution in [0.4, 0.5) is 0 Å². The zero-order valence-corrected chi connectivity index (χ0v) is 14.1. The van der Waals surface area contributed by atoms with Crippen LogP contribution < -0.4 is 10.6 Å². The Labute approximate surface area is 138 Å². The van der Waals surface area contributed by atoms with Gasteiger partial charge in [0.15, 0.2) is 0 Å². The first kappa shape index (κ1) is 17.5. The van der Waals surface area contributed by atoms with Crippen LogP contribution in [0.25, 0.3) is 0 Å². The van der Waals surface area contributed by atoms with E-state index in [0.717, 1.165) is 38.9 Å². The molecule has 0 radical (unpaired) electrons. The van der Waals surface area contributed by atoms with E-state index in [1.54, 1.807) is 24.3 Å². The summed E-state index contributed by atoms with van der Waals surface area (Å²) in [6.45, 7) is 5.17. The van der Waals surface area contributed by atoms with E-state index >= 15 is 0 Å². The maximum Gasteiger partial charge on any atom is 0.253 e. The number of hydrogen-bond donors (Lipinski definition) is 2. The summed E-state index contributed by atoms with van der Waals surface area (Å²) in [6, 6.07) is 7.03. The van der Waals surface area contributed by atoms with Crippen molar-refractivity contribution >= 4 is 11.8 Å². The van der Waals surface area contributed by atoms with Crippen molar-refractivity contribution in [1.82, 2.24) is 15.5 Å². The van der Waals surface area contributed by atoms with Crippen molar-refractivity contribution in [2.75, 3.05) is 33.2 Å². The third-order valence-corrected chi connectivity index (χ3v) is 4.21. The van der Waals surface area contributed by atoms with Crippen molar-refractivity contribution in [1.29, 1.82) is 0 Å². The first-order valence-electron chi connectivity index (χ1n) is 8.47. The van der Waals surface area contributed by atoms with E-state index in [4.69, 9.17) is 0 Å². The van der Waals surface area contributed by atoms with Crippen molar-refractivity contribution in [3.05, 3.63) is 35.4 Å². The number of rotatable bonds is 6. The second kappa shape index (κ2) is 8.67. The fourth-order valence-corrected chi connectivity index (χ4v) is 3.02. The molecule has 1 saturated heterocycles. The quantitative estimate of drug-likeness (QED) is 0.842. The zero-order valence-electron chi connectivity index (χ0n) is 14.1. The highest BCUT2D eigenvalue weighted by atomic mass is 16.2. The number of likely N-dealkylation sites (tertiary alicyclic amines) is 1. The monoisotopic (exact) mass is 317 g/mol. The molecule has 5 nitrogen and oxygen atoms in total. The molecule has 0 spiro atoms. The SMILES string of the molecule is CCCNC(=O)c1cccc(C(=O)N2CCCC(CNC)C2)c1. The first-order chi connectivity index (χ1) is 11.2. The van der Waals surface area contributed by atoms with Crippen LogP contribution in [0, 0.1) is 5.92 Å². The molecule has 5 heteroatoms. The standard InChI is InChI=1S/C18H27N3O2/c1-3-9-20-17(22)15-7-4-8-16(11-15)18(23)21-10-5-6-14(13-21)12-19-2/h4,7-8,11,14,19H,3,5-6,9-10,12-13H2,1-2H3,(H,20,22). The van der Waals surface area contributed by atoms with Crippen LogP contribution in [-0.2, 0) is 0 Å². The van der Waals surface area contributed by atoms with E-state index in [-0.39, 0.29) is 11.8 Å². The van der Waals surface area contributed by atoms with Crippen LogP contribution in [0.2, 0.25) is 0 Å². The minimum Gasteiger partial charge on any atom is -0.352 e. The Morgan fingerprint density at radius 1 is 1.30 bits per heavy atom. The summed E-state index contributed by atoms with van der Waals surface area (Å²) in [6.07, 6.45) is 3.09. The lowest BCUT2D eigenvalue weighted by molar-refractivity contribution is 0.0674. The Bertz CT molecular complexity index is 543. The fraction of sp³-hybridized carbons (Fsp3) is 0.556. The smallest absolute Gasteiger partial charge is 0.253 e. The number of nitrogens with one attached hydrogen (secondary N) is 2. The minimum atomic E-state index is -0.117. The molecule has 1 aromatic carbocycles. The molecule has 1 unspecified atom stereocenters. The predicted octanol–water partition coefficient (Wildman–Crippen LogP) is 1.90. The summed E-state index contributed by atoms with van der Waals surface area (Å²) in [4.78, 5) is 26.7. The van der Waals surface area contributed by atoms with Crippen LogP contribution in [0.15, 0.2) is 24.3 Å². The fourth-order valence-electron chi connectivity index (χ4n) is 3.02. The third kappa shape index (κ3) is 4.79. The van der Waals surface area contributed by atoms with Gasteiger partial charge in [-0.3, -0.25) is 9.59 Å². The molecule has 2 N–H and O–H groups in total. The normalized spacial score (nSPS) is 17.8. The summed E-state index contributed by atoms with van der Waals surface area (Å²) in [5, 5.41) is 6.04. The van der Waals surface area contributed by atoms with Gasteiger partial charge in [0.2, 0.25) is 0 Å². The van der Waals surface area contributed by atoms with Gasteiger partial charge < -0.3 is 15.5 Å². The lowest BCUT2D eigenvalue weighted by Crippen LogP contribution is -2.42. The summed E-state index contributed by atoms with van der Waals surface area (Å²) in [5.74, 6) is 0.415. The highest BCUT2D eigenvalue weighted by Crippen LogP contribution is 2.18. The summed E-state index contributed by atoms with van der Waals surface area (Å²) >= 11 is 0. The predicted molar refractivity (Wildman–Crippen MR) is 91.6 cm³/mol. The zero-order chi connectivity index (χ0) is 16.7. The van der Waals surface area contributed by atoms with Gasteiger partial charge in [-0.2, -0.15) is 0 Å². The van der Waals surface area contributed by atoms with E-state index < -0.39 is 0 Å². The van der Waals surface area contributed by atoms with Gasteiger partial charge in [0.05, 0.1) is 0 Å². The van der Waals surface area contributed by atoms with Crippen molar-refractivity contribution in [2.45, 2.75) is 26.2 Å². The molecule has 2 rings (SSSR count). The molecule has 0 aliphatic carbocycles. The molecule has 126 valence electrons. The lowest BCUT2D eigenvalue weighted by Gasteiger charge is -2.32. The second-order valence-corrected chi connectivity index (χ2v) is 6.15. The molecule has 1 aliphatic rings. The van der Waals surface area contributed by atoms with Crippen LogP contribution in [-0.4, -0.2) is 49.9 Å². The van der Waals surface area contributed by atoms with Gasteiger partial charge in [-0.25, -0.2) is 0 Å². The van der Waals surface area contributed by atoms with Gasteiger partial charge in [-0.05, 0) is 57.0 Å². The van der Waals surface area contributed by atoms with Gasteiger partial charge >= 0.3 is 0 Å². The molecule has 23 heavy (non-hydrogen) atoms. The molecule has 0 bridgehead atoms. The van der Waals surface area contributed by atoms with E-state index in [2.05, 4.69) is 10.6 Å². The van der Waals surface area contributed by atoms with Gasteiger partial charge in [0.25, 0.3) is 11.8 Å². The lowest BCUT2D eigenvalue weighted by atomic mass is 9.97. The topological polar surface area (TPSA) is 61.4 Å². The largest absolute Gasteiger partial charge is 0.352 e. The van der Waals surface area contributed by atoms with Crippen LogP contribution >= 0.6 is 0 Å². The number of piperidine rings is 1. The molecular weight excluding hydrogens is 290 g/mol. The molecule has 1 atom stereocenters. The molecule has 2 amide bonds. The maximum atomic E-state index is 12.7. The molecule has 1 aliphatic heterocycles. The van der Waals surface area contributed by atoms with Crippen LogP contribution in [0.3, 0.4) is 0 Å². The highest BCUT2D eigenvalue weighted by Gasteiger charge is 2.24. The van der Waals surface area contributed by atoms with Gasteiger partial charge in [-0.1, -0.05) is 13.0 Å². The van der Waals surface area contributed by atoms with E-state index in [1.165, 1.54) is 0 Å². The number of nitrogens with zero attached hydrogens (tertiary/aromatic N) is 1. The van der Waals surface area contributed by atoms with E-state index in [9.17, 15) is 9.59 Å². The average Bonchev–Trinajstić information content (AvgIpc) is 2.59. The number of hydrogen-bond acceptors (Lipinski definition) is 3. The number of benzene rings is 1. The molecule has 1 aromatic rings. The molecular formula is C18H27N3O2. The molecule has 1 heterocycles. The minimum absolute atomic E-state index is 0.0240. The third-order valence-electron chi connectivity index (χ3n) is 4.21. The summed E-state index contributed by atoms with van der Waals surface area (Å²) in [7, 11) is 1.94. The number of carbonyl (C=O) groups excluding carboxylic acids is 2. The van der Waals surface area contributed by atoms with Crippen molar-refractivity contribution in [2.24, 2.45) is 5.92 Å². The van der Waals surface area contributed by atoms with E-state index in [1.807, 2.05) is 18.9 Å². The Kier molecular flexibility index (Phi) is 6.59. The maximum absolute atomic E-state index is 12.7. The molecule has 0 aromatic heterocycles. The van der Waals surface area contributed by atoms with Gasteiger partial charge in [0.1, 0.15) is 0 Å². The Hall–Kier alpha value is -1.88. The number of carbonyl (C=O) groups is 2. The van der Waals surface area contributed by atoms with Crippen molar-refractivity contribution in [3.8, 4) is 0 Å². The van der Waals surface area contributed by atoms with Gasteiger partial charge in [0, 0.05) is 30.8 Å². The van der Waals surface area contributed by atoms with Gasteiger partial charge in [-0.15, -0.1) is 0 Å². The molecule has 1 fully saturated rings. The van der Waals surface area contributed by atoms with Crippen molar-refractivity contribution < 1.29 is 9.59 Å². The second-order valence-electron chi connectivity index (χ2n) is 6.15. The first-order valence-corrected chi connectivity index (χ1v) is 8.47. The highest BCUT2D eigenvalue weighted by molar-refractivity contribution is 5.99. The van der Waals surface area contributed by atoms with Crippen LogP contribution in [0.1, 0.15) is 46.9 Å². The summed E-state index contributed by atoms with van der Waals surface area (Å²) in [5.41, 5.74) is 1.15. The van der Waals surface area contributed by atoms with Crippen molar-refractivity contribution in [3.63, 3.8) is 0 Å².